The Labute approximate surface area is 271 Å². The predicted octanol–water partition coefficient (Wildman–Crippen LogP) is 4.55. The van der Waals surface area contributed by atoms with E-state index in [9.17, 15) is 24.3 Å². The van der Waals surface area contributed by atoms with E-state index in [1.807, 2.05) is 55.5 Å². The largest absolute Gasteiger partial charge is 0.508 e. The van der Waals surface area contributed by atoms with Crippen molar-refractivity contribution in [3.63, 3.8) is 0 Å². The van der Waals surface area contributed by atoms with Gasteiger partial charge >= 0.3 is 5.97 Å². The van der Waals surface area contributed by atoms with Gasteiger partial charge in [0.1, 0.15) is 5.75 Å². The zero-order chi connectivity index (χ0) is 33.0. The molecule has 4 amide bonds. The first-order chi connectivity index (χ1) is 22.6. The van der Waals surface area contributed by atoms with Crippen molar-refractivity contribution in [2.75, 3.05) is 12.0 Å². The number of hydrazine groups is 1. The second-order valence-corrected chi connectivity index (χ2v) is 13.0. The molecule has 3 aromatic carbocycles. The number of carbonyl (C=O) groups excluding carboxylic acids is 4. The first-order valence-corrected chi connectivity index (χ1v) is 16.0. The van der Waals surface area contributed by atoms with Gasteiger partial charge in [-0.1, -0.05) is 71.8 Å². The number of carboxylic acid groups (broad SMARTS) is 1. The highest BCUT2D eigenvalue weighted by molar-refractivity contribution is 6.13. The standard InChI is InChI=1S/C37H35N3O7/c1-21-9-13-24(14-10-21)38-40-34(45)29-20-28-26(17-18-27-31(28)35(46)39(33(27)44)19-5-8-30(42)43)32(22-11-15-25(41)16-12-22)37(29,36(40)47)23-6-3-2-4-7-23/h2-4,6-7,9-17,27-29,31-32,38,41H,5,8,18-20H2,1H3,(H,42,43). The van der Waals surface area contributed by atoms with Gasteiger partial charge in [-0.3, -0.25) is 34.3 Å². The molecule has 3 fully saturated rings. The summed E-state index contributed by atoms with van der Waals surface area (Å²) in [6.45, 7) is 1.96. The summed E-state index contributed by atoms with van der Waals surface area (Å²) in [6.07, 6.45) is 2.43. The molecule has 6 unspecified atom stereocenters. The lowest BCUT2D eigenvalue weighted by Gasteiger charge is -2.50. The van der Waals surface area contributed by atoms with Crippen molar-refractivity contribution in [3.8, 4) is 5.75 Å². The van der Waals surface area contributed by atoms with E-state index in [-0.39, 0.29) is 49.8 Å². The molecule has 4 aliphatic rings. The van der Waals surface area contributed by atoms with Crippen molar-refractivity contribution >= 4 is 35.3 Å². The number of carboxylic acids is 1. The van der Waals surface area contributed by atoms with E-state index in [4.69, 9.17) is 5.11 Å². The number of amides is 4. The van der Waals surface area contributed by atoms with Gasteiger partial charge in [0.2, 0.25) is 11.8 Å². The molecule has 1 saturated carbocycles. The molecule has 6 atom stereocenters. The van der Waals surface area contributed by atoms with E-state index in [0.29, 0.717) is 16.8 Å². The van der Waals surface area contributed by atoms with Gasteiger partial charge < -0.3 is 10.2 Å². The quantitative estimate of drug-likeness (QED) is 0.242. The Morgan fingerprint density at radius 2 is 1.60 bits per heavy atom. The zero-order valence-electron chi connectivity index (χ0n) is 25.8. The lowest BCUT2D eigenvalue weighted by molar-refractivity contribution is -0.142. The Bertz CT molecular complexity index is 1800. The summed E-state index contributed by atoms with van der Waals surface area (Å²) in [4.78, 5) is 69.5. The summed E-state index contributed by atoms with van der Waals surface area (Å²) < 4.78 is 0. The van der Waals surface area contributed by atoms with Crippen molar-refractivity contribution in [2.24, 2.45) is 23.7 Å². The fraction of sp³-hybridized carbons (Fsp3) is 0.324. The van der Waals surface area contributed by atoms with Crippen LogP contribution in [0.25, 0.3) is 0 Å². The minimum Gasteiger partial charge on any atom is -0.508 e. The number of phenols is 1. The molecule has 0 bridgehead atoms. The molecule has 10 heteroatoms. The number of rotatable bonds is 8. The highest BCUT2D eigenvalue weighted by Gasteiger charge is 2.70. The van der Waals surface area contributed by atoms with E-state index in [0.717, 1.165) is 16.1 Å². The SMILES string of the molecule is Cc1ccc(NN2C(=O)C3CC4C(=CCC5C(=O)N(CCCC(=O)O)C(=O)C54)C(c4ccc(O)cc4)C3(c3ccccc3)C2=O)cc1. The average Bonchev–Trinajstić information content (AvgIpc) is 3.43. The zero-order valence-corrected chi connectivity index (χ0v) is 25.8. The molecule has 2 aliphatic carbocycles. The number of anilines is 1. The second-order valence-electron chi connectivity index (χ2n) is 13.0. The van der Waals surface area contributed by atoms with Crippen LogP contribution in [-0.2, 0) is 29.4 Å². The molecule has 2 heterocycles. The molecule has 2 aliphatic heterocycles. The van der Waals surface area contributed by atoms with Gasteiger partial charge in [0, 0.05) is 18.9 Å². The number of nitrogens with one attached hydrogen (secondary N) is 1. The van der Waals surface area contributed by atoms with E-state index < -0.39 is 52.8 Å². The Morgan fingerprint density at radius 1 is 0.894 bits per heavy atom. The average molecular weight is 634 g/mol. The Hall–Kier alpha value is -5.25. The number of aryl methyl sites for hydroxylation is 1. The van der Waals surface area contributed by atoms with Crippen molar-refractivity contribution < 1.29 is 34.2 Å². The summed E-state index contributed by atoms with van der Waals surface area (Å²) in [5, 5.41) is 20.5. The Morgan fingerprint density at radius 3 is 2.28 bits per heavy atom. The highest BCUT2D eigenvalue weighted by atomic mass is 16.4. The predicted molar refractivity (Wildman–Crippen MR) is 170 cm³/mol. The number of hydrogen-bond donors (Lipinski definition) is 3. The maximum Gasteiger partial charge on any atom is 0.303 e. The molecule has 3 N–H and O–H groups in total. The molecule has 10 nitrogen and oxygen atoms in total. The maximum atomic E-state index is 15.0. The number of aromatic hydroxyl groups is 1. The molecule has 0 aromatic heterocycles. The van der Waals surface area contributed by atoms with Gasteiger partial charge in [-0.05, 0) is 67.5 Å². The third-order valence-electron chi connectivity index (χ3n) is 10.5. The summed E-state index contributed by atoms with van der Waals surface area (Å²) in [5.74, 6) is -5.88. The molecular formula is C37H35N3O7. The van der Waals surface area contributed by atoms with Crippen molar-refractivity contribution in [1.29, 1.82) is 0 Å². The number of likely N-dealkylation sites (tertiary alicyclic amines) is 1. The van der Waals surface area contributed by atoms with Crippen LogP contribution < -0.4 is 5.43 Å². The normalized spacial score (nSPS) is 28.1. The number of phenolic OH excluding ortho intramolecular Hbond substituents is 1. The first-order valence-electron chi connectivity index (χ1n) is 16.0. The van der Waals surface area contributed by atoms with Gasteiger partial charge in [-0.15, -0.1) is 0 Å². The summed E-state index contributed by atoms with van der Waals surface area (Å²) in [5.41, 5.74) is 5.50. The summed E-state index contributed by atoms with van der Waals surface area (Å²) in [6, 6.07) is 23.3. The number of aliphatic carboxylic acids is 1. The van der Waals surface area contributed by atoms with Crippen molar-refractivity contribution in [3.05, 3.63) is 107 Å². The summed E-state index contributed by atoms with van der Waals surface area (Å²) >= 11 is 0. The molecule has 0 spiro atoms. The van der Waals surface area contributed by atoms with E-state index in [1.54, 1.807) is 36.4 Å². The molecule has 47 heavy (non-hydrogen) atoms. The fourth-order valence-corrected chi connectivity index (χ4v) is 8.46. The summed E-state index contributed by atoms with van der Waals surface area (Å²) in [7, 11) is 0. The van der Waals surface area contributed by atoms with Crippen LogP contribution in [0.1, 0.15) is 48.3 Å². The monoisotopic (exact) mass is 633 g/mol. The van der Waals surface area contributed by atoms with Crippen molar-refractivity contribution in [1.82, 2.24) is 9.91 Å². The van der Waals surface area contributed by atoms with E-state index in [2.05, 4.69) is 5.43 Å². The lowest BCUT2D eigenvalue weighted by atomic mass is 9.49. The van der Waals surface area contributed by atoms with Crippen LogP contribution in [-0.4, -0.2) is 56.3 Å². The maximum absolute atomic E-state index is 15.0. The van der Waals surface area contributed by atoms with Crippen LogP contribution in [0.15, 0.2) is 90.5 Å². The second kappa shape index (κ2) is 11.5. The molecule has 0 radical (unpaired) electrons. The highest BCUT2D eigenvalue weighted by Crippen LogP contribution is 2.64. The van der Waals surface area contributed by atoms with Crippen molar-refractivity contribution in [2.45, 2.75) is 43.9 Å². The lowest BCUT2D eigenvalue weighted by Crippen LogP contribution is -2.53. The number of carbonyl (C=O) groups is 5. The van der Waals surface area contributed by atoms with E-state index in [1.165, 1.54) is 4.90 Å². The number of nitrogens with zero attached hydrogens (tertiary/aromatic N) is 2. The number of imide groups is 2. The number of hydrogen-bond acceptors (Lipinski definition) is 7. The van der Waals surface area contributed by atoms with Gasteiger partial charge in [0.05, 0.1) is 28.9 Å². The van der Waals surface area contributed by atoms with Gasteiger partial charge in [0.25, 0.3) is 11.8 Å². The molecule has 3 aromatic rings. The van der Waals surface area contributed by atoms with Crippen LogP contribution >= 0.6 is 0 Å². The minimum atomic E-state index is -1.38. The third kappa shape index (κ3) is 4.73. The number of allylic oxidation sites excluding steroid dienone is 2. The Kier molecular flexibility index (Phi) is 7.45. The number of fused-ring (bicyclic) bond motifs is 4. The molecule has 240 valence electrons. The van der Waals surface area contributed by atoms with E-state index >= 15 is 4.79 Å². The van der Waals surface area contributed by atoms with Crippen LogP contribution in [0.2, 0.25) is 0 Å². The molecule has 7 rings (SSSR count). The van der Waals surface area contributed by atoms with Gasteiger partial charge in [-0.25, -0.2) is 0 Å². The first kappa shape index (κ1) is 30.4. The topological polar surface area (TPSA) is 144 Å². The molecule has 2 saturated heterocycles. The molecular weight excluding hydrogens is 598 g/mol. The van der Waals surface area contributed by atoms with Crippen LogP contribution in [0.3, 0.4) is 0 Å². The van der Waals surface area contributed by atoms with Gasteiger partial charge in [-0.2, -0.15) is 5.01 Å². The Balaban J connectivity index is 1.37. The fourth-order valence-electron chi connectivity index (χ4n) is 8.46. The van der Waals surface area contributed by atoms with Crippen LogP contribution in [0.4, 0.5) is 5.69 Å². The minimum absolute atomic E-state index is 0.0173. The van der Waals surface area contributed by atoms with Gasteiger partial charge in [0.15, 0.2) is 0 Å². The number of benzene rings is 3. The smallest absolute Gasteiger partial charge is 0.303 e. The third-order valence-corrected chi connectivity index (χ3v) is 10.5. The van der Waals surface area contributed by atoms with Crippen LogP contribution in [0, 0.1) is 30.6 Å². The van der Waals surface area contributed by atoms with Crippen LogP contribution in [0.5, 0.6) is 5.75 Å².